The van der Waals surface area contributed by atoms with Gasteiger partial charge in [-0.05, 0) is 36.7 Å². The lowest BCUT2D eigenvalue weighted by Gasteiger charge is -2.34. The van der Waals surface area contributed by atoms with Crippen molar-refractivity contribution in [2.24, 2.45) is 0 Å². The van der Waals surface area contributed by atoms with Crippen molar-refractivity contribution in [3.05, 3.63) is 83.5 Å². The van der Waals surface area contributed by atoms with Gasteiger partial charge in [-0.15, -0.1) is 11.3 Å². The molecule has 3 aromatic heterocycles. The minimum absolute atomic E-state index is 0.145. The third-order valence-corrected chi connectivity index (χ3v) is 6.72. The third kappa shape index (κ3) is 4.67. The number of piperazine rings is 1. The normalized spacial score (nSPS) is 14.4. The van der Waals surface area contributed by atoms with Crippen LogP contribution in [0, 0.1) is 0 Å². The topological polar surface area (TPSA) is 66.3 Å². The largest absolute Gasteiger partial charge is 0.354 e. The van der Waals surface area contributed by atoms with Gasteiger partial charge in [0.2, 0.25) is 0 Å². The number of rotatable bonds is 6. The average molecular weight is 459 g/mol. The highest BCUT2D eigenvalue weighted by molar-refractivity contribution is 7.13. The highest BCUT2D eigenvalue weighted by atomic mass is 32.1. The molecule has 0 bridgehead atoms. The first-order valence-electron chi connectivity index (χ1n) is 11.0. The van der Waals surface area contributed by atoms with Crippen LogP contribution in [0.15, 0.2) is 72.4 Å². The number of nitrogens with one attached hydrogen (secondary N) is 1. The van der Waals surface area contributed by atoms with Crippen LogP contribution in [0.3, 0.4) is 0 Å². The summed E-state index contributed by atoms with van der Waals surface area (Å²) < 4.78 is 1.77. The van der Waals surface area contributed by atoms with Gasteiger partial charge in [0, 0.05) is 50.7 Å². The number of pyridine rings is 1. The Labute approximate surface area is 197 Å². The van der Waals surface area contributed by atoms with E-state index in [0.717, 1.165) is 48.1 Å². The van der Waals surface area contributed by atoms with Crippen LogP contribution in [-0.2, 0) is 6.54 Å². The number of hydrogen-bond acceptors (Lipinski definition) is 6. The van der Waals surface area contributed by atoms with Crippen LogP contribution in [0.25, 0.3) is 16.3 Å². The summed E-state index contributed by atoms with van der Waals surface area (Å²) in [5.74, 6) is 0.804. The van der Waals surface area contributed by atoms with Crippen LogP contribution >= 0.6 is 11.3 Å². The Balaban J connectivity index is 1.38. The highest BCUT2D eigenvalue weighted by Gasteiger charge is 2.21. The van der Waals surface area contributed by atoms with E-state index in [1.54, 1.807) is 16.0 Å². The van der Waals surface area contributed by atoms with Gasteiger partial charge in [0.05, 0.1) is 16.1 Å². The van der Waals surface area contributed by atoms with Crippen LogP contribution in [0.1, 0.15) is 15.9 Å². The highest BCUT2D eigenvalue weighted by Crippen LogP contribution is 2.28. The summed E-state index contributed by atoms with van der Waals surface area (Å²) in [6.45, 7) is 4.28. The van der Waals surface area contributed by atoms with Crippen molar-refractivity contribution in [3.63, 3.8) is 0 Å². The van der Waals surface area contributed by atoms with E-state index in [4.69, 9.17) is 5.10 Å². The maximum Gasteiger partial charge on any atom is 0.255 e. The first-order valence-corrected chi connectivity index (χ1v) is 11.9. The minimum atomic E-state index is -0.145. The van der Waals surface area contributed by atoms with E-state index in [2.05, 4.69) is 27.1 Å². The number of thiophene rings is 1. The SMILES string of the molecule is CN1CCN(c2ncccc2CNC(=O)c2cn(-c3ccccc3)nc2-c2cccs2)CC1. The molecule has 1 aliphatic rings. The molecule has 0 aliphatic carbocycles. The quantitative estimate of drug-likeness (QED) is 0.478. The van der Waals surface area contributed by atoms with Gasteiger partial charge in [0.1, 0.15) is 11.5 Å². The Morgan fingerprint density at radius 1 is 1.03 bits per heavy atom. The van der Waals surface area contributed by atoms with Crippen LogP contribution in [0.2, 0.25) is 0 Å². The molecule has 0 spiro atoms. The molecule has 1 amide bonds. The summed E-state index contributed by atoms with van der Waals surface area (Å²) in [5, 5.41) is 9.84. The van der Waals surface area contributed by atoms with Crippen molar-refractivity contribution in [2.75, 3.05) is 38.1 Å². The number of carbonyl (C=O) groups excluding carboxylic acids is 1. The van der Waals surface area contributed by atoms with Crippen molar-refractivity contribution < 1.29 is 4.79 Å². The molecule has 0 atom stereocenters. The molecular formula is C25H26N6OS. The van der Waals surface area contributed by atoms with Gasteiger partial charge in [-0.3, -0.25) is 4.79 Å². The fourth-order valence-corrected chi connectivity index (χ4v) is 4.71. The summed E-state index contributed by atoms with van der Waals surface area (Å²) in [5.41, 5.74) is 3.19. The van der Waals surface area contributed by atoms with E-state index in [-0.39, 0.29) is 5.91 Å². The Kier molecular flexibility index (Phi) is 6.19. The predicted octanol–water partition coefficient (Wildman–Crippen LogP) is 3.68. The lowest BCUT2D eigenvalue weighted by molar-refractivity contribution is 0.0951. The number of hydrogen-bond donors (Lipinski definition) is 1. The van der Waals surface area contributed by atoms with E-state index < -0.39 is 0 Å². The second kappa shape index (κ2) is 9.56. The molecule has 1 aliphatic heterocycles. The van der Waals surface area contributed by atoms with E-state index in [1.807, 2.05) is 72.4 Å². The molecule has 168 valence electrons. The zero-order valence-electron chi connectivity index (χ0n) is 18.5. The van der Waals surface area contributed by atoms with E-state index in [0.29, 0.717) is 17.8 Å². The van der Waals surface area contributed by atoms with Crippen LogP contribution in [0.5, 0.6) is 0 Å². The summed E-state index contributed by atoms with van der Waals surface area (Å²) in [6.07, 6.45) is 3.63. The Hall–Kier alpha value is -3.49. The fraction of sp³-hybridized carbons (Fsp3) is 0.240. The molecule has 1 saturated heterocycles. The van der Waals surface area contributed by atoms with E-state index in [9.17, 15) is 4.79 Å². The third-order valence-electron chi connectivity index (χ3n) is 5.84. The van der Waals surface area contributed by atoms with Crippen molar-refractivity contribution in [3.8, 4) is 16.3 Å². The Morgan fingerprint density at radius 2 is 1.85 bits per heavy atom. The molecule has 33 heavy (non-hydrogen) atoms. The first-order chi connectivity index (χ1) is 16.2. The second-order valence-electron chi connectivity index (χ2n) is 8.11. The van der Waals surface area contributed by atoms with Crippen molar-refractivity contribution in [2.45, 2.75) is 6.54 Å². The van der Waals surface area contributed by atoms with Gasteiger partial charge in [-0.25, -0.2) is 9.67 Å². The molecule has 4 aromatic rings. The van der Waals surface area contributed by atoms with Crippen molar-refractivity contribution in [1.82, 2.24) is 25.0 Å². The molecule has 1 N–H and O–H groups in total. The summed E-state index contributed by atoms with van der Waals surface area (Å²) in [7, 11) is 2.14. The second-order valence-corrected chi connectivity index (χ2v) is 9.06. The number of aromatic nitrogens is 3. The molecule has 7 nitrogen and oxygen atoms in total. The van der Waals surface area contributed by atoms with Gasteiger partial charge in [-0.1, -0.05) is 30.3 Å². The lowest BCUT2D eigenvalue weighted by atomic mass is 10.2. The summed E-state index contributed by atoms with van der Waals surface area (Å²) in [6, 6.07) is 17.8. The van der Waals surface area contributed by atoms with Gasteiger partial charge in [0.25, 0.3) is 5.91 Å². The number of para-hydroxylation sites is 1. The van der Waals surface area contributed by atoms with Gasteiger partial charge >= 0.3 is 0 Å². The van der Waals surface area contributed by atoms with Crippen LogP contribution < -0.4 is 10.2 Å². The average Bonchev–Trinajstić information content (AvgIpc) is 3.54. The molecule has 8 heteroatoms. The zero-order chi connectivity index (χ0) is 22.6. The molecular weight excluding hydrogens is 432 g/mol. The molecule has 5 rings (SSSR count). The molecule has 1 aromatic carbocycles. The lowest BCUT2D eigenvalue weighted by Crippen LogP contribution is -2.45. The van der Waals surface area contributed by atoms with Gasteiger partial charge in [-0.2, -0.15) is 5.10 Å². The summed E-state index contributed by atoms with van der Waals surface area (Å²) in [4.78, 5) is 23.5. The minimum Gasteiger partial charge on any atom is -0.354 e. The number of anilines is 1. The molecule has 0 saturated carbocycles. The molecule has 1 fully saturated rings. The Bertz CT molecular complexity index is 1210. The van der Waals surface area contributed by atoms with Gasteiger partial charge in [0.15, 0.2) is 0 Å². The number of amides is 1. The smallest absolute Gasteiger partial charge is 0.255 e. The monoisotopic (exact) mass is 458 g/mol. The standard InChI is InChI=1S/C25H26N6OS/c1-29-12-14-30(15-13-29)24-19(7-5-11-26-24)17-27-25(32)21-18-31(20-8-3-2-4-9-20)28-23(21)22-10-6-16-33-22/h2-11,16,18H,12-15,17H2,1H3,(H,27,32). The van der Waals surface area contributed by atoms with E-state index in [1.165, 1.54) is 0 Å². The summed E-state index contributed by atoms with van der Waals surface area (Å²) >= 11 is 1.58. The molecule has 0 radical (unpaired) electrons. The van der Waals surface area contributed by atoms with E-state index >= 15 is 0 Å². The zero-order valence-corrected chi connectivity index (χ0v) is 19.3. The molecule has 0 unspecified atom stereocenters. The van der Waals surface area contributed by atoms with Crippen LogP contribution in [0.4, 0.5) is 5.82 Å². The van der Waals surface area contributed by atoms with Gasteiger partial charge < -0.3 is 15.1 Å². The maximum atomic E-state index is 13.3. The van der Waals surface area contributed by atoms with Crippen LogP contribution in [-0.4, -0.2) is 58.8 Å². The van der Waals surface area contributed by atoms with Crippen molar-refractivity contribution >= 4 is 23.1 Å². The molecule has 4 heterocycles. The number of benzene rings is 1. The predicted molar refractivity (Wildman–Crippen MR) is 132 cm³/mol. The Morgan fingerprint density at radius 3 is 2.61 bits per heavy atom. The fourth-order valence-electron chi connectivity index (χ4n) is 3.99. The number of carbonyl (C=O) groups is 1. The van der Waals surface area contributed by atoms with Crippen molar-refractivity contribution in [1.29, 1.82) is 0 Å². The first kappa shape index (κ1) is 21.4. The maximum absolute atomic E-state index is 13.3. The number of likely N-dealkylation sites (N-methyl/N-ethyl adjacent to an activating group) is 1. The number of nitrogens with zero attached hydrogens (tertiary/aromatic N) is 5.